The van der Waals surface area contributed by atoms with E-state index in [1.165, 1.54) is 0 Å². The van der Waals surface area contributed by atoms with Crippen LogP contribution in [0.5, 0.6) is 17.2 Å². The Balaban J connectivity index is 1.36. The summed E-state index contributed by atoms with van der Waals surface area (Å²) in [5.74, 6) is 1.15. The van der Waals surface area contributed by atoms with Crippen molar-refractivity contribution in [2.45, 2.75) is 0 Å². The Morgan fingerprint density at radius 1 is 0.853 bits per heavy atom. The van der Waals surface area contributed by atoms with Crippen molar-refractivity contribution in [3.05, 3.63) is 84.6 Å². The second-order valence-electron chi connectivity index (χ2n) is 7.26. The first kappa shape index (κ1) is 22.6. The monoisotopic (exact) mass is 457 g/mol. The largest absolute Gasteiger partial charge is 0.497 e. The molecule has 34 heavy (non-hydrogen) atoms. The fourth-order valence-electron chi connectivity index (χ4n) is 3.36. The van der Waals surface area contributed by atoms with Crippen molar-refractivity contribution in [3.8, 4) is 17.2 Å². The lowest BCUT2D eigenvalue weighted by Gasteiger charge is -2.11. The van der Waals surface area contributed by atoms with Gasteiger partial charge in [-0.1, -0.05) is 6.07 Å². The Kier molecular flexibility index (Phi) is 6.88. The third-order valence-corrected chi connectivity index (χ3v) is 5.04. The van der Waals surface area contributed by atoms with E-state index >= 15 is 0 Å². The molecule has 3 aromatic carbocycles. The number of rotatable bonds is 8. The van der Waals surface area contributed by atoms with Crippen LogP contribution in [0.25, 0.3) is 10.9 Å². The van der Waals surface area contributed by atoms with Crippen LogP contribution in [0.15, 0.2) is 79.0 Å². The highest BCUT2D eigenvalue weighted by Gasteiger charge is 2.12. The summed E-state index contributed by atoms with van der Waals surface area (Å²) in [4.78, 5) is 29.3. The molecule has 4 aromatic rings. The van der Waals surface area contributed by atoms with E-state index in [1.807, 2.05) is 6.07 Å². The Morgan fingerprint density at radius 2 is 1.68 bits per heavy atom. The third kappa shape index (κ3) is 5.24. The van der Waals surface area contributed by atoms with Crippen molar-refractivity contribution in [1.82, 2.24) is 4.98 Å². The summed E-state index contributed by atoms with van der Waals surface area (Å²) in [7, 11) is 3.14. The number of nitrogens with zero attached hydrogens (tertiary/aromatic N) is 1. The summed E-state index contributed by atoms with van der Waals surface area (Å²) < 4.78 is 16.0. The van der Waals surface area contributed by atoms with E-state index in [0.717, 1.165) is 5.39 Å². The zero-order chi connectivity index (χ0) is 23.9. The number of anilines is 2. The Labute approximate surface area is 196 Å². The van der Waals surface area contributed by atoms with Crippen LogP contribution < -0.4 is 24.8 Å². The van der Waals surface area contributed by atoms with Gasteiger partial charge >= 0.3 is 0 Å². The van der Waals surface area contributed by atoms with Gasteiger partial charge in [0.1, 0.15) is 22.8 Å². The molecule has 1 heterocycles. The lowest BCUT2D eigenvalue weighted by atomic mass is 10.1. The van der Waals surface area contributed by atoms with Crippen LogP contribution in [0.3, 0.4) is 0 Å². The van der Waals surface area contributed by atoms with Gasteiger partial charge in [-0.3, -0.25) is 14.6 Å². The molecular weight excluding hydrogens is 434 g/mol. The second-order valence-corrected chi connectivity index (χ2v) is 7.26. The number of fused-ring (bicyclic) bond motifs is 1. The number of hydrogen-bond acceptors (Lipinski definition) is 6. The van der Waals surface area contributed by atoms with Crippen molar-refractivity contribution < 1.29 is 23.8 Å². The number of ether oxygens (including phenoxy) is 3. The average molecular weight is 457 g/mol. The van der Waals surface area contributed by atoms with Crippen molar-refractivity contribution in [2.75, 3.05) is 31.5 Å². The van der Waals surface area contributed by atoms with Crippen molar-refractivity contribution >= 4 is 34.1 Å². The van der Waals surface area contributed by atoms with E-state index < -0.39 is 0 Å². The standard InChI is InChI=1S/C26H23N3O5/c1-32-20-6-3-5-18(15-20)28-24(30)16-34-19-10-8-17(9-11-19)26(31)29-22-12-13-23(33-2)25-21(22)7-4-14-27-25/h3-15H,16H2,1-2H3,(H,28,30)(H,29,31). The lowest BCUT2D eigenvalue weighted by Crippen LogP contribution is -2.20. The Bertz CT molecular complexity index is 1320. The molecule has 0 aliphatic rings. The Hall–Kier alpha value is -4.59. The summed E-state index contributed by atoms with van der Waals surface area (Å²) >= 11 is 0. The number of methoxy groups -OCH3 is 2. The van der Waals surface area contributed by atoms with Crippen molar-refractivity contribution in [1.29, 1.82) is 0 Å². The number of hydrogen-bond donors (Lipinski definition) is 2. The average Bonchev–Trinajstić information content (AvgIpc) is 2.88. The van der Waals surface area contributed by atoms with Gasteiger partial charge in [0, 0.05) is 28.9 Å². The normalized spacial score (nSPS) is 10.4. The number of aromatic nitrogens is 1. The van der Waals surface area contributed by atoms with Crippen molar-refractivity contribution in [3.63, 3.8) is 0 Å². The van der Waals surface area contributed by atoms with Gasteiger partial charge in [0.2, 0.25) is 0 Å². The van der Waals surface area contributed by atoms with Crippen molar-refractivity contribution in [2.24, 2.45) is 0 Å². The molecule has 0 saturated heterocycles. The van der Waals surface area contributed by atoms with Gasteiger partial charge in [0.05, 0.1) is 19.9 Å². The molecule has 0 spiro atoms. The predicted octanol–water partition coefficient (Wildman–Crippen LogP) is 4.52. The highest BCUT2D eigenvalue weighted by Crippen LogP contribution is 2.30. The van der Waals surface area contributed by atoms with E-state index in [4.69, 9.17) is 14.2 Å². The molecule has 0 unspecified atom stereocenters. The van der Waals surface area contributed by atoms with Crippen LogP contribution in [0.2, 0.25) is 0 Å². The molecule has 1 aromatic heterocycles. The smallest absolute Gasteiger partial charge is 0.262 e. The fraction of sp³-hybridized carbons (Fsp3) is 0.115. The van der Waals surface area contributed by atoms with Gasteiger partial charge in [-0.2, -0.15) is 0 Å². The molecule has 2 N–H and O–H groups in total. The fourth-order valence-corrected chi connectivity index (χ4v) is 3.36. The molecule has 0 aliphatic heterocycles. The van der Waals surface area contributed by atoms with Gasteiger partial charge in [-0.05, 0) is 60.7 Å². The first-order chi connectivity index (χ1) is 16.6. The highest BCUT2D eigenvalue weighted by molar-refractivity contribution is 6.09. The minimum absolute atomic E-state index is 0.173. The summed E-state index contributed by atoms with van der Waals surface area (Å²) in [6.45, 7) is -0.173. The van der Waals surface area contributed by atoms with Crippen LogP contribution in [-0.4, -0.2) is 37.6 Å². The number of amides is 2. The molecule has 0 atom stereocenters. The van der Waals surface area contributed by atoms with Gasteiger partial charge in [0.15, 0.2) is 6.61 Å². The van der Waals surface area contributed by atoms with Crippen LogP contribution in [0.4, 0.5) is 11.4 Å². The molecule has 0 fully saturated rings. The maximum absolute atomic E-state index is 12.8. The topological polar surface area (TPSA) is 98.8 Å². The molecule has 2 amide bonds. The maximum Gasteiger partial charge on any atom is 0.262 e. The highest BCUT2D eigenvalue weighted by atomic mass is 16.5. The van der Waals surface area contributed by atoms with Gasteiger partial charge in [-0.15, -0.1) is 0 Å². The first-order valence-corrected chi connectivity index (χ1v) is 10.5. The van der Waals surface area contributed by atoms with Gasteiger partial charge in [0.25, 0.3) is 11.8 Å². The second kappa shape index (κ2) is 10.4. The lowest BCUT2D eigenvalue weighted by molar-refractivity contribution is -0.118. The zero-order valence-electron chi connectivity index (χ0n) is 18.7. The molecule has 4 rings (SSSR count). The summed E-state index contributed by atoms with van der Waals surface area (Å²) in [5.41, 5.74) is 2.35. The number of pyridine rings is 1. The van der Waals surface area contributed by atoms with E-state index in [1.54, 1.807) is 87.1 Å². The Morgan fingerprint density at radius 3 is 2.44 bits per heavy atom. The summed E-state index contributed by atoms with van der Waals surface area (Å²) in [5, 5.41) is 6.43. The van der Waals surface area contributed by atoms with E-state index in [9.17, 15) is 9.59 Å². The SMILES string of the molecule is COc1cccc(NC(=O)COc2ccc(C(=O)Nc3ccc(OC)c4ncccc34)cc2)c1. The van der Waals surface area contributed by atoms with Crippen LogP contribution >= 0.6 is 0 Å². The van der Waals surface area contributed by atoms with E-state index in [2.05, 4.69) is 15.6 Å². The summed E-state index contributed by atoms with van der Waals surface area (Å²) in [6.07, 6.45) is 1.67. The molecule has 0 radical (unpaired) electrons. The molecule has 8 heteroatoms. The quantitative estimate of drug-likeness (QED) is 0.404. The maximum atomic E-state index is 12.8. The first-order valence-electron chi connectivity index (χ1n) is 10.5. The third-order valence-electron chi connectivity index (χ3n) is 5.04. The molecule has 8 nitrogen and oxygen atoms in total. The number of carbonyl (C=O) groups is 2. The minimum atomic E-state index is -0.310. The number of carbonyl (C=O) groups excluding carboxylic acids is 2. The molecule has 0 saturated carbocycles. The van der Waals surface area contributed by atoms with Crippen LogP contribution in [0, 0.1) is 0 Å². The van der Waals surface area contributed by atoms with Crippen LogP contribution in [0.1, 0.15) is 10.4 Å². The zero-order valence-corrected chi connectivity index (χ0v) is 18.7. The van der Waals surface area contributed by atoms with Gasteiger partial charge < -0.3 is 24.8 Å². The molecular formula is C26H23N3O5. The predicted molar refractivity (Wildman–Crippen MR) is 130 cm³/mol. The van der Waals surface area contributed by atoms with E-state index in [0.29, 0.717) is 39.7 Å². The number of benzene rings is 3. The summed E-state index contributed by atoms with van der Waals surface area (Å²) in [6, 6.07) is 20.8. The van der Waals surface area contributed by atoms with E-state index in [-0.39, 0.29) is 18.4 Å². The molecule has 172 valence electrons. The van der Waals surface area contributed by atoms with Crippen LogP contribution in [-0.2, 0) is 4.79 Å². The molecule has 0 aliphatic carbocycles. The van der Waals surface area contributed by atoms with Gasteiger partial charge in [-0.25, -0.2) is 0 Å². The molecule has 0 bridgehead atoms. The number of nitrogens with one attached hydrogen (secondary N) is 2. The minimum Gasteiger partial charge on any atom is -0.497 e.